The number of carboxylic acid groups (broad SMARTS) is 1. The maximum absolute atomic E-state index is 12.9. The highest BCUT2D eigenvalue weighted by Gasteiger charge is 2.35. The number of aliphatic carboxylic acids is 1. The number of unbranched alkanes of at least 4 members (excludes halogenated alkanes) is 1. The number of nitrogens with one attached hydrogen (secondary N) is 2. The van der Waals surface area contributed by atoms with Gasteiger partial charge in [-0.3, -0.25) is 14.4 Å². The summed E-state index contributed by atoms with van der Waals surface area (Å²) in [5.74, 6) is -1.97. The van der Waals surface area contributed by atoms with Gasteiger partial charge in [0.25, 0.3) is 5.91 Å². The number of hydrogen-bond acceptors (Lipinski definition) is 4. The zero-order chi connectivity index (χ0) is 21.5. The predicted molar refractivity (Wildman–Crippen MR) is 116 cm³/mol. The van der Waals surface area contributed by atoms with Crippen LogP contribution in [0.2, 0.25) is 0 Å². The quantitative estimate of drug-likeness (QED) is 0.576. The molecule has 2 aliphatic rings. The second-order valence-electron chi connectivity index (χ2n) is 8.40. The van der Waals surface area contributed by atoms with E-state index in [1.807, 2.05) is 25.1 Å². The molecule has 1 aliphatic heterocycles. The average molecular weight is 416 g/mol. The van der Waals surface area contributed by atoms with Gasteiger partial charge in [0.1, 0.15) is 6.04 Å². The van der Waals surface area contributed by atoms with Crippen molar-refractivity contribution in [3.63, 3.8) is 0 Å². The molecule has 0 radical (unpaired) electrons. The lowest BCUT2D eigenvalue weighted by Gasteiger charge is -2.23. The lowest BCUT2D eigenvalue weighted by atomic mass is 10.0. The van der Waals surface area contributed by atoms with Crippen LogP contribution in [0.5, 0.6) is 0 Å². The molecule has 3 rings (SSSR count). The van der Waals surface area contributed by atoms with Gasteiger partial charge in [-0.15, -0.1) is 0 Å². The van der Waals surface area contributed by atoms with Crippen molar-refractivity contribution in [2.24, 2.45) is 5.92 Å². The van der Waals surface area contributed by atoms with Crippen LogP contribution in [0, 0.1) is 5.92 Å². The number of rotatable bonds is 9. The van der Waals surface area contributed by atoms with Crippen molar-refractivity contribution < 1.29 is 19.5 Å². The van der Waals surface area contributed by atoms with Crippen LogP contribution in [0.25, 0.3) is 0 Å². The van der Waals surface area contributed by atoms with E-state index in [4.69, 9.17) is 0 Å². The fourth-order valence-corrected chi connectivity index (χ4v) is 4.45. The Hall–Kier alpha value is -2.57. The van der Waals surface area contributed by atoms with Crippen LogP contribution in [0.15, 0.2) is 24.3 Å². The van der Waals surface area contributed by atoms with Crippen molar-refractivity contribution >= 4 is 23.5 Å². The SMILES string of the molecule is CCCC[C@H](NC(=O)c1cccc(N2CCCC2)c1)C(=O)N[C@H]1CCC[C@H]1C(=O)O. The van der Waals surface area contributed by atoms with Gasteiger partial charge in [-0.05, 0) is 50.3 Å². The first-order valence-corrected chi connectivity index (χ1v) is 11.2. The maximum atomic E-state index is 12.9. The molecule has 0 spiro atoms. The minimum atomic E-state index is -0.870. The molecule has 1 aliphatic carbocycles. The standard InChI is InChI=1S/C23H33N3O4/c1-2-3-11-20(22(28)24-19-12-7-10-18(19)23(29)30)25-21(27)16-8-6-9-17(15-16)26-13-4-5-14-26/h6,8-9,15,18-20H,2-5,7,10-14H2,1H3,(H,24,28)(H,25,27)(H,29,30)/t18-,19+,20+/m1/s1. The van der Waals surface area contributed by atoms with Crippen LogP contribution in [-0.4, -0.2) is 48.1 Å². The molecule has 0 bridgehead atoms. The molecule has 30 heavy (non-hydrogen) atoms. The molecule has 0 unspecified atom stereocenters. The van der Waals surface area contributed by atoms with Crippen molar-refractivity contribution in [2.45, 2.75) is 70.4 Å². The maximum Gasteiger partial charge on any atom is 0.308 e. The predicted octanol–water partition coefficient (Wildman–Crippen LogP) is 2.94. The van der Waals surface area contributed by atoms with Gasteiger partial charge in [-0.1, -0.05) is 32.3 Å². The van der Waals surface area contributed by atoms with Gasteiger partial charge in [-0.2, -0.15) is 0 Å². The largest absolute Gasteiger partial charge is 0.481 e. The summed E-state index contributed by atoms with van der Waals surface area (Å²) in [6.45, 7) is 4.03. The van der Waals surface area contributed by atoms with E-state index in [0.717, 1.165) is 50.9 Å². The lowest BCUT2D eigenvalue weighted by Crippen LogP contribution is -2.51. The molecule has 2 amide bonds. The first-order valence-electron chi connectivity index (χ1n) is 11.2. The summed E-state index contributed by atoms with van der Waals surface area (Å²) < 4.78 is 0. The van der Waals surface area contributed by atoms with Crippen LogP contribution in [0.3, 0.4) is 0 Å². The second kappa shape index (κ2) is 10.5. The number of amides is 2. The Bertz CT molecular complexity index is 761. The van der Waals surface area contributed by atoms with E-state index in [-0.39, 0.29) is 17.9 Å². The molecule has 1 heterocycles. The van der Waals surface area contributed by atoms with Crippen LogP contribution in [-0.2, 0) is 9.59 Å². The molecule has 1 aromatic rings. The Balaban J connectivity index is 1.66. The van der Waals surface area contributed by atoms with Crippen molar-refractivity contribution in [3.05, 3.63) is 29.8 Å². The third-order valence-electron chi connectivity index (χ3n) is 6.21. The van der Waals surface area contributed by atoms with Crippen LogP contribution in [0.4, 0.5) is 5.69 Å². The van der Waals surface area contributed by atoms with Crippen LogP contribution < -0.4 is 15.5 Å². The van der Waals surface area contributed by atoms with Gasteiger partial charge in [0.05, 0.1) is 5.92 Å². The average Bonchev–Trinajstić information content (AvgIpc) is 3.43. The smallest absolute Gasteiger partial charge is 0.308 e. The fraction of sp³-hybridized carbons (Fsp3) is 0.609. The highest BCUT2D eigenvalue weighted by Crippen LogP contribution is 2.26. The summed E-state index contributed by atoms with van der Waals surface area (Å²) in [6, 6.07) is 6.50. The molecule has 7 heteroatoms. The highest BCUT2D eigenvalue weighted by molar-refractivity contribution is 5.98. The summed E-state index contributed by atoms with van der Waals surface area (Å²) in [7, 11) is 0. The van der Waals surface area contributed by atoms with Gasteiger partial charge >= 0.3 is 5.97 Å². The first kappa shape index (κ1) is 22.1. The Morgan fingerprint density at radius 2 is 1.93 bits per heavy atom. The minimum absolute atomic E-state index is 0.270. The number of carboxylic acids is 1. The number of benzene rings is 1. The van der Waals surface area contributed by atoms with Crippen molar-refractivity contribution in [3.8, 4) is 0 Å². The Morgan fingerprint density at radius 3 is 2.63 bits per heavy atom. The molecule has 3 atom stereocenters. The van der Waals surface area contributed by atoms with Gasteiger partial charge < -0.3 is 20.6 Å². The molecule has 1 saturated carbocycles. The third kappa shape index (κ3) is 5.52. The topological polar surface area (TPSA) is 98.7 Å². The van der Waals surface area contributed by atoms with Gasteiger partial charge in [0, 0.05) is 30.4 Å². The summed E-state index contributed by atoms with van der Waals surface area (Å²) in [4.78, 5) is 39.5. The van der Waals surface area contributed by atoms with Crippen molar-refractivity contribution in [1.82, 2.24) is 10.6 Å². The van der Waals surface area contributed by atoms with E-state index in [2.05, 4.69) is 15.5 Å². The summed E-state index contributed by atoms with van der Waals surface area (Å²) in [6.07, 6.45) is 6.60. The van der Waals surface area contributed by atoms with Crippen molar-refractivity contribution in [1.29, 1.82) is 0 Å². The molecule has 2 fully saturated rings. The van der Waals surface area contributed by atoms with E-state index < -0.39 is 17.9 Å². The molecular weight excluding hydrogens is 382 g/mol. The molecule has 0 aromatic heterocycles. The number of carbonyl (C=O) groups is 3. The summed E-state index contributed by atoms with van der Waals surface area (Å²) in [5, 5.41) is 15.1. The minimum Gasteiger partial charge on any atom is -0.481 e. The fourth-order valence-electron chi connectivity index (χ4n) is 4.45. The zero-order valence-electron chi connectivity index (χ0n) is 17.7. The van der Waals surface area contributed by atoms with Crippen molar-refractivity contribution in [2.75, 3.05) is 18.0 Å². The molecule has 7 nitrogen and oxygen atoms in total. The zero-order valence-corrected chi connectivity index (χ0v) is 17.7. The van der Waals surface area contributed by atoms with E-state index >= 15 is 0 Å². The number of nitrogens with zero attached hydrogens (tertiary/aromatic N) is 1. The number of carbonyl (C=O) groups excluding carboxylic acids is 2. The normalized spacial score (nSPS) is 22.0. The van der Waals surface area contributed by atoms with Crippen LogP contribution >= 0.6 is 0 Å². The number of anilines is 1. The van der Waals surface area contributed by atoms with E-state index in [1.54, 1.807) is 6.07 Å². The highest BCUT2D eigenvalue weighted by atomic mass is 16.4. The molecule has 164 valence electrons. The summed E-state index contributed by atoms with van der Waals surface area (Å²) >= 11 is 0. The lowest BCUT2D eigenvalue weighted by molar-refractivity contribution is -0.142. The molecular formula is C23H33N3O4. The van der Waals surface area contributed by atoms with Gasteiger partial charge in [0.15, 0.2) is 0 Å². The van der Waals surface area contributed by atoms with E-state index in [0.29, 0.717) is 24.8 Å². The second-order valence-corrected chi connectivity index (χ2v) is 8.40. The Morgan fingerprint density at radius 1 is 1.17 bits per heavy atom. The summed E-state index contributed by atoms with van der Waals surface area (Å²) in [5.41, 5.74) is 1.57. The Kier molecular flexibility index (Phi) is 7.71. The third-order valence-corrected chi connectivity index (χ3v) is 6.21. The van der Waals surface area contributed by atoms with E-state index in [9.17, 15) is 19.5 Å². The molecule has 1 saturated heterocycles. The van der Waals surface area contributed by atoms with Crippen LogP contribution in [0.1, 0.15) is 68.6 Å². The number of hydrogen-bond donors (Lipinski definition) is 3. The van der Waals surface area contributed by atoms with Gasteiger partial charge in [-0.25, -0.2) is 0 Å². The monoisotopic (exact) mass is 415 g/mol. The molecule has 3 N–H and O–H groups in total. The molecule has 1 aromatic carbocycles. The van der Waals surface area contributed by atoms with Gasteiger partial charge in [0.2, 0.25) is 5.91 Å². The Labute approximate surface area is 178 Å². The van der Waals surface area contributed by atoms with E-state index in [1.165, 1.54) is 0 Å². The first-order chi connectivity index (χ1) is 14.5.